The van der Waals surface area contributed by atoms with Gasteiger partial charge in [-0.1, -0.05) is 59.8 Å². The predicted molar refractivity (Wildman–Crippen MR) is 138 cm³/mol. The van der Waals surface area contributed by atoms with E-state index in [1.54, 1.807) is 11.3 Å². The lowest BCUT2D eigenvalue weighted by atomic mass is 9.98. The molecule has 0 unspecified atom stereocenters. The maximum Gasteiger partial charge on any atom is 0.312 e. The van der Waals surface area contributed by atoms with Crippen molar-refractivity contribution in [2.75, 3.05) is 13.1 Å². The zero-order valence-electron chi connectivity index (χ0n) is 20.4. The molecule has 0 spiro atoms. The molecule has 1 aliphatic heterocycles. The number of aryl methyl sites for hydroxylation is 1. The van der Waals surface area contributed by atoms with Crippen molar-refractivity contribution < 1.29 is 14.1 Å². The van der Waals surface area contributed by atoms with Crippen LogP contribution in [0.5, 0.6) is 0 Å². The summed E-state index contributed by atoms with van der Waals surface area (Å²) in [6, 6.07) is 20.6. The first kappa shape index (κ1) is 23.5. The van der Waals surface area contributed by atoms with Gasteiger partial charge in [0.2, 0.25) is 5.82 Å². The summed E-state index contributed by atoms with van der Waals surface area (Å²) in [6.07, 6.45) is 0. The normalized spacial score (nSPS) is 14.6. The van der Waals surface area contributed by atoms with Crippen molar-refractivity contribution in [3.05, 3.63) is 71.1 Å². The van der Waals surface area contributed by atoms with E-state index in [1.165, 1.54) is 21.6 Å². The smallest absolute Gasteiger partial charge is 0.312 e. The Labute approximate surface area is 209 Å². The first-order chi connectivity index (χ1) is 16.7. The number of nitrogens with zero attached hydrogens (tertiary/aromatic N) is 3. The fourth-order valence-electron chi connectivity index (χ4n) is 4.18. The number of likely N-dealkylation sites (tertiary alicyclic amines) is 1. The van der Waals surface area contributed by atoms with Gasteiger partial charge in [0.1, 0.15) is 5.60 Å². The fraction of sp³-hybridized carbons (Fsp3) is 0.321. The topological polar surface area (TPSA) is 68.5 Å². The van der Waals surface area contributed by atoms with Gasteiger partial charge in [0.25, 0.3) is 5.89 Å². The number of carbonyl (C=O) groups excluding carboxylic acids is 1. The summed E-state index contributed by atoms with van der Waals surface area (Å²) in [4.78, 5) is 21.2. The highest BCUT2D eigenvalue weighted by Crippen LogP contribution is 2.36. The lowest BCUT2D eigenvalue weighted by molar-refractivity contribution is -0.166. The van der Waals surface area contributed by atoms with Crippen molar-refractivity contribution in [3.63, 3.8) is 0 Å². The van der Waals surface area contributed by atoms with E-state index in [0.29, 0.717) is 11.7 Å². The summed E-state index contributed by atoms with van der Waals surface area (Å²) in [5.41, 5.74) is 4.03. The molecule has 0 radical (unpaired) electrons. The van der Waals surface area contributed by atoms with Crippen LogP contribution >= 0.6 is 11.3 Å². The fourth-order valence-corrected chi connectivity index (χ4v) is 5.15. The average Bonchev–Trinajstić information content (AvgIpc) is 3.43. The molecule has 0 aliphatic carbocycles. The third kappa shape index (κ3) is 5.36. The Morgan fingerprint density at radius 3 is 2.49 bits per heavy atom. The first-order valence-electron chi connectivity index (χ1n) is 11.8. The Balaban J connectivity index is 1.21. The van der Waals surface area contributed by atoms with Crippen LogP contribution < -0.4 is 0 Å². The summed E-state index contributed by atoms with van der Waals surface area (Å²) in [5, 5.41) is 4.21. The van der Waals surface area contributed by atoms with Gasteiger partial charge in [-0.25, -0.2) is 0 Å². The van der Waals surface area contributed by atoms with Crippen LogP contribution in [0.25, 0.3) is 33.3 Å². The molecule has 5 rings (SSSR count). The van der Waals surface area contributed by atoms with Crippen LogP contribution in [0, 0.1) is 12.8 Å². The van der Waals surface area contributed by atoms with Gasteiger partial charge in [-0.15, -0.1) is 11.3 Å². The first-order valence-corrected chi connectivity index (χ1v) is 12.6. The largest absolute Gasteiger partial charge is 0.460 e. The van der Waals surface area contributed by atoms with Crippen LogP contribution in [0.4, 0.5) is 0 Å². The summed E-state index contributed by atoms with van der Waals surface area (Å²) in [7, 11) is 0. The SMILES string of the molecule is Cc1sc(-c2nc(-c3ccc(CN4CC(C(=O)OC(C)(C)C)C4)cc3)no2)cc1-c1ccccc1. The molecule has 1 saturated heterocycles. The monoisotopic (exact) mass is 487 g/mol. The number of rotatable bonds is 6. The molecular weight excluding hydrogens is 458 g/mol. The number of carbonyl (C=O) groups is 1. The summed E-state index contributed by atoms with van der Waals surface area (Å²) < 4.78 is 11.1. The highest BCUT2D eigenvalue weighted by molar-refractivity contribution is 7.15. The number of thiophene rings is 1. The molecule has 3 heterocycles. The molecule has 4 aromatic rings. The summed E-state index contributed by atoms with van der Waals surface area (Å²) in [6.45, 7) is 10.1. The van der Waals surface area contributed by atoms with Crippen LogP contribution in [0.2, 0.25) is 0 Å². The van der Waals surface area contributed by atoms with Crippen LogP contribution in [0.1, 0.15) is 31.2 Å². The van der Waals surface area contributed by atoms with Gasteiger partial charge in [-0.2, -0.15) is 4.98 Å². The molecule has 1 aliphatic rings. The Morgan fingerprint density at radius 1 is 1.09 bits per heavy atom. The van der Waals surface area contributed by atoms with Gasteiger partial charge < -0.3 is 9.26 Å². The molecular formula is C28H29N3O3S. The van der Waals surface area contributed by atoms with Crippen molar-refractivity contribution >= 4 is 17.3 Å². The van der Waals surface area contributed by atoms with E-state index in [1.807, 2.05) is 51.1 Å². The van der Waals surface area contributed by atoms with Gasteiger partial charge in [-0.05, 0) is 50.5 Å². The predicted octanol–water partition coefficient (Wildman–Crippen LogP) is 6.21. The minimum Gasteiger partial charge on any atom is -0.460 e. The standard InChI is InChI=1S/C28H29N3O3S/c1-18-23(20-8-6-5-7-9-20)14-24(35-18)26-29-25(30-34-26)21-12-10-19(11-13-21)15-31-16-22(17-31)27(32)33-28(2,3)4/h5-14,22H,15-17H2,1-4H3. The number of benzene rings is 2. The van der Waals surface area contributed by atoms with E-state index in [9.17, 15) is 4.79 Å². The molecule has 0 N–H and O–H groups in total. The quantitative estimate of drug-likeness (QED) is 0.301. The van der Waals surface area contributed by atoms with E-state index in [4.69, 9.17) is 9.26 Å². The number of hydrogen-bond acceptors (Lipinski definition) is 7. The zero-order valence-corrected chi connectivity index (χ0v) is 21.3. The summed E-state index contributed by atoms with van der Waals surface area (Å²) in [5.74, 6) is 0.976. The second kappa shape index (κ2) is 9.40. The maximum atomic E-state index is 12.2. The van der Waals surface area contributed by atoms with Crippen molar-refractivity contribution in [1.82, 2.24) is 15.0 Å². The highest BCUT2D eigenvalue weighted by Gasteiger charge is 2.35. The molecule has 35 heavy (non-hydrogen) atoms. The van der Waals surface area contributed by atoms with Crippen LogP contribution in [0.15, 0.2) is 65.2 Å². The molecule has 0 atom stereocenters. The molecule has 2 aromatic carbocycles. The maximum absolute atomic E-state index is 12.2. The van der Waals surface area contributed by atoms with Crippen LogP contribution in [-0.4, -0.2) is 39.7 Å². The molecule has 6 nitrogen and oxygen atoms in total. The van der Waals surface area contributed by atoms with Crippen molar-refractivity contribution in [1.29, 1.82) is 0 Å². The lowest BCUT2D eigenvalue weighted by Crippen LogP contribution is -2.51. The Bertz CT molecular complexity index is 1310. The van der Waals surface area contributed by atoms with Gasteiger partial charge in [-0.3, -0.25) is 9.69 Å². The number of aromatic nitrogens is 2. The number of ether oxygens (including phenoxy) is 1. The molecule has 7 heteroatoms. The second-order valence-electron chi connectivity index (χ2n) is 9.99. The van der Waals surface area contributed by atoms with Crippen molar-refractivity contribution in [2.24, 2.45) is 5.92 Å². The molecule has 1 fully saturated rings. The van der Waals surface area contributed by atoms with Gasteiger partial charge >= 0.3 is 5.97 Å². The molecule has 0 amide bonds. The lowest BCUT2D eigenvalue weighted by Gasteiger charge is -2.38. The van der Waals surface area contributed by atoms with Crippen molar-refractivity contribution in [3.8, 4) is 33.3 Å². The second-order valence-corrected chi connectivity index (χ2v) is 11.2. The van der Waals surface area contributed by atoms with Crippen molar-refractivity contribution in [2.45, 2.75) is 39.8 Å². The Morgan fingerprint density at radius 2 is 1.80 bits per heavy atom. The van der Waals surface area contributed by atoms with Crippen LogP contribution in [-0.2, 0) is 16.1 Å². The minimum absolute atomic E-state index is 0.0328. The van der Waals surface area contributed by atoms with Gasteiger partial charge in [0, 0.05) is 30.1 Å². The Hall–Kier alpha value is -3.29. The number of esters is 1. The van der Waals surface area contributed by atoms with E-state index < -0.39 is 5.60 Å². The minimum atomic E-state index is -0.436. The molecule has 0 bridgehead atoms. The molecule has 180 valence electrons. The van der Waals surface area contributed by atoms with Crippen LogP contribution in [0.3, 0.4) is 0 Å². The van der Waals surface area contributed by atoms with E-state index in [-0.39, 0.29) is 11.9 Å². The summed E-state index contributed by atoms with van der Waals surface area (Å²) >= 11 is 1.66. The third-order valence-corrected chi connectivity index (χ3v) is 6.99. The van der Waals surface area contributed by atoms with E-state index in [0.717, 1.165) is 30.1 Å². The Kier molecular flexibility index (Phi) is 6.30. The molecule has 0 saturated carbocycles. The molecule has 2 aromatic heterocycles. The number of hydrogen-bond donors (Lipinski definition) is 0. The third-order valence-electron chi connectivity index (χ3n) is 5.95. The van der Waals surface area contributed by atoms with E-state index >= 15 is 0 Å². The van der Waals surface area contributed by atoms with Gasteiger partial charge in [0.05, 0.1) is 10.8 Å². The average molecular weight is 488 g/mol. The zero-order chi connectivity index (χ0) is 24.6. The highest BCUT2D eigenvalue weighted by atomic mass is 32.1. The van der Waals surface area contributed by atoms with Gasteiger partial charge in [0.15, 0.2) is 0 Å². The van der Waals surface area contributed by atoms with E-state index in [2.05, 4.69) is 52.3 Å².